The number of aromatic nitrogens is 4. The van der Waals surface area contributed by atoms with Gasteiger partial charge in [-0.15, -0.1) is 28.1 Å². The lowest BCUT2D eigenvalue weighted by molar-refractivity contribution is 0.626. The molecule has 0 aliphatic carbocycles. The van der Waals surface area contributed by atoms with Crippen molar-refractivity contribution in [2.75, 3.05) is 0 Å². The molecule has 0 bridgehead atoms. The van der Waals surface area contributed by atoms with Crippen molar-refractivity contribution in [3.63, 3.8) is 0 Å². The summed E-state index contributed by atoms with van der Waals surface area (Å²) in [5, 5.41) is 12.4. The van der Waals surface area contributed by atoms with Crippen LogP contribution in [-0.4, -0.2) is 19.7 Å². The lowest BCUT2D eigenvalue weighted by atomic mass is 10.2. The van der Waals surface area contributed by atoms with Crippen LogP contribution in [0, 0.1) is 5.82 Å². The molecule has 0 radical (unpaired) electrons. The van der Waals surface area contributed by atoms with Crippen molar-refractivity contribution in [1.82, 2.24) is 19.7 Å². The smallest absolute Gasteiger partial charge is 0.192 e. The van der Waals surface area contributed by atoms with Gasteiger partial charge in [0.2, 0.25) is 0 Å². The number of thiazole rings is 1. The standard InChI is InChI=1S/C22H19FN4S2/c1-2-12-27-21(18-10-6-7-11-19(18)23)25-26-22(27)29-15-17-14-28-20(24-17)13-16-8-4-3-5-9-16/h2-11,14H,1,12-13,15H2. The summed E-state index contributed by atoms with van der Waals surface area (Å²) >= 11 is 3.21. The van der Waals surface area contributed by atoms with Gasteiger partial charge < -0.3 is 0 Å². The second kappa shape index (κ2) is 9.15. The summed E-state index contributed by atoms with van der Waals surface area (Å²) in [6, 6.07) is 16.9. The van der Waals surface area contributed by atoms with Gasteiger partial charge in [0.1, 0.15) is 5.82 Å². The summed E-state index contributed by atoms with van der Waals surface area (Å²) in [4.78, 5) is 4.74. The lowest BCUT2D eigenvalue weighted by Gasteiger charge is -2.07. The molecular formula is C22H19FN4S2. The average molecular weight is 423 g/mol. The maximum absolute atomic E-state index is 14.2. The van der Waals surface area contributed by atoms with E-state index in [4.69, 9.17) is 4.98 Å². The number of benzene rings is 2. The van der Waals surface area contributed by atoms with Gasteiger partial charge in [-0.3, -0.25) is 4.57 Å². The van der Waals surface area contributed by atoms with Crippen LogP contribution in [0.3, 0.4) is 0 Å². The quantitative estimate of drug-likeness (QED) is 0.273. The molecule has 146 valence electrons. The molecule has 2 aromatic carbocycles. The van der Waals surface area contributed by atoms with Crippen molar-refractivity contribution in [2.45, 2.75) is 23.9 Å². The second-order valence-corrected chi connectivity index (χ2v) is 8.25. The zero-order chi connectivity index (χ0) is 20.1. The average Bonchev–Trinajstić information content (AvgIpc) is 3.35. The summed E-state index contributed by atoms with van der Waals surface area (Å²) in [6.07, 6.45) is 2.60. The highest BCUT2D eigenvalue weighted by Gasteiger charge is 2.16. The van der Waals surface area contributed by atoms with Gasteiger partial charge in [0, 0.05) is 24.1 Å². The number of allylic oxidation sites excluding steroid dienone is 1. The first-order chi connectivity index (χ1) is 14.2. The zero-order valence-electron chi connectivity index (χ0n) is 15.7. The van der Waals surface area contributed by atoms with Crippen molar-refractivity contribution in [3.05, 3.63) is 94.7 Å². The van der Waals surface area contributed by atoms with Crippen LogP contribution in [0.15, 0.2) is 77.8 Å². The molecule has 0 amide bonds. The van der Waals surface area contributed by atoms with Gasteiger partial charge in [0.05, 0.1) is 16.3 Å². The molecule has 0 saturated heterocycles. The highest BCUT2D eigenvalue weighted by molar-refractivity contribution is 7.98. The minimum Gasteiger partial charge on any atom is -0.298 e. The molecule has 0 fully saturated rings. The van der Waals surface area contributed by atoms with Crippen LogP contribution < -0.4 is 0 Å². The van der Waals surface area contributed by atoms with Crippen LogP contribution in [-0.2, 0) is 18.7 Å². The fourth-order valence-corrected chi connectivity index (χ4v) is 4.71. The van der Waals surface area contributed by atoms with Gasteiger partial charge in [0.25, 0.3) is 0 Å². The van der Waals surface area contributed by atoms with Gasteiger partial charge in [-0.25, -0.2) is 9.37 Å². The Balaban J connectivity index is 1.49. The Bertz CT molecular complexity index is 1100. The number of thioether (sulfide) groups is 1. The molecule has 0 spiro atoms. The molecule has 2 heterocycles. The van der Waals surface area contributed by atoms with E-state index in [2.05, 4.69) is 34.3 Å². The van der Waals surface area contributed by atoms with Gasteiger partial charge in [-0.05, 0) is 17.7 Å². The largest absolute Gasteiger partial charge is 0.298 e. The minimum atomic E-state index is -0.313. The Morgan fingerprint density at radius 1 is 1.07 bits per heavy atom. The molecule has 0 atom stereocenters. The van der Waals surface area contributed by atoms with Crippen LogP contribution in [0.2, 0.25) is 0 Å². The molecule has 0 saturated carbocycles. The Labute approximate surface area is 177 Å². The number of nitrogens with zero attached hydrogens (tertiary/aromatic N) is 4. The monoisotopic (exact) mass is 422 g/mol. The molecule has 0 aliphatic heterocycles. The summed E-state index contributed by atoms with van der Waals surface area (Å²) in [5.74, 6) is 0.873. The first kappa shape index (κ1) is 19.5. The highest BCUT2D eigenvalue weighted by atomic mass is 32.2. The van der Waals surface area contributed by atoms with E-state index in [0.29, 0.717) is 23.7 Å². The third kappa shape index (κ3) is 4.63. The SMILES string of the molecule is C=CCn1c(SCc2csc(Cc3ccccc3)n2)nnc1-c1ccccc1F. The first-order valence-electron chi connectivity index (χ1n) is 9.13. The molecule has 0 aliphatic rings. The van der Waals surface area contributed by atoms with Crippen LogP contribution >= 0.6 is 23.1 Å². The molecular weight excluding hydrogens is 403 g/mol. The Kier molecular flexibility index (Phi) is 6.17. The third-order valence-electron chi connectivity index (χ3n) is 4.29. The van der Waals surface area contributed by atoms with Gasteiger partial charge >= 0.3 is 0 Å². The fraction of sp³-hybridized carbons (Fsp3) is 0.136. The molecule has 29 heavy (non-hydrogen) atoms. The van der Waals surface area contributed by atoms with Gasteiger partial charge in [-0.2, -0.15) is 0 Å². The van der Waals surface area contributed by atoms with Crippen LogP contribution in [0.5, 0.6) is 0 Å². The molecule has 2 aromatic heterocycles. The van der Waals surface area contributed by atoms with Crippen LogP contribution in [0.4, 0.5) is 4.39 Å². The molecule has 7 heteroatoms. The van der Waals surface area contributed by atoms with E-state index in [-0.39, 0.29) is 5.82 Å². The molecule has 4 nitrogen and oxygen atoms in total. The number of rotatable bonds is 8. The fourth-order valence-electron chi connectivity index (χ4n) is 2.94. The molecule has 0 unspecified atom stereocenters. The van der Waals surface area contributed by atoms with E-state index < -0.39 is 0 Å². The predicted octanol–water partition coefficient (Wildman–Crippen LogP) is 5.61. The second-order valence-electron chi connectivity index (χ2n) is 6.37. The van der Waals surface area contributed by atoms with Crippen molar-refractivity contribution < 1.29 is 4.39 Å². The van der Waals surface area contributed by atoms with E-state index in [1.807, 2.05) is 22.8 Å². The minimum absolute atomic E-state index is 0.313. The Morgan fingerprint density at radius 2 is 1.86 bits per heavy atom. The maximum Gasteiger partial charge on any atom is 0.192 e. The predicted molar refractivity (Wildman–Crippen MR) is 117 cm³/mol. The summed E-state index contributed by atoms with van der Waals surface area (Å²) in [5.41, 5.74) is 2.69. The Morgan fingerprint density at radius 3 is 2.66 bits per heavy atom. The normalized spacial score (nSPS) is 10.9. The van der Waals surface area contributed by atoms with Gasteiger partial charge in [-0.1, -0.05) is 60.3 Å². The third-order valence-corrected chi connectivity index (χ3v) is 6.19. The maximum atomic E-state index is 14.2. The topological polar surface area (TPSA) is 43.6 Å². The van der Waals surface area contributed by atoms with Crippen molar-refractivity contribution >= 4 is 23.1 Å². The molecule has 4 rings (SSSR count). The summed E-state index contributed by atoms with van der Waals surface area (Å²) in [6.45, 7) is 4.31. The van der Waals surface area contributed by atoms with E-state index in [1.54, 1.807) is 47.4 Å². The Hall–Kier alpha value is -2.77. The lowest BCUT2D eigenvalue weighted by Crippen LogP contribution is -2.01. The van der Waals surface area contributed by atoms with Crippen molar-refractivity contribution in [3.8, 4) is 11.4 Å². The van der Waals surface area contributed by atoms with E-state index in [0.717, 1.165) is 22.3 Å². The number of halogens is 1. The van der Waals surface area contributed by atoms with E-state index in [9.17, 15) is 4.39 Å². The zero-order valence-corrected chi connectivity index (χ0v) is 17.3. The van der Waals surface area contributed by atoms with Crippen molar-refractivity contribution in [1.29, 1.82) is 0 Å². The van der Waals surface area contributed by atoms with E-state index in [1.165, 1.54) is 11.6 Å². The number of hydrogen-bond acceptors (Lipinski definition) is 5. The molecule has 0 N–H and O–H groups in total. The summed E-state index contributed by atoms with van der Waals surface area (Å²) < 4.78 is 16.1. The van der Waals surface area contributed by atoms with E-state index >= 15 is 0 Å². The molecule has 4 aromatic rings. The number of hydrogen-bond donors (Lipinski definition) is 0. The van der Waals surface area contributed by atoms with Gasteiger partial charge in [0.15, 0.2) is 11.0 Å². The van der Waals surface area contributed by atoms with Crippen LogP contribution in [0.25, 0.3) is 11.4 Å². The van der Waals surface area contributed by atoms with Crippen molar-refractivity contribution in [2.24, 2.45) is 0 Å². The first-order valence-corrected chi connectivity index (χ1v) is 11.0. The van der Waals surface area contributed by atoms with Crippen LogP contribution in [0.1, 0.15) is 16.3 Å². The summed E-state index contributed by atoms with van der Waals surface area (Å²) in [7, 11) is 0. The highest BCUT2D eigenvalue weighted by Crippen LogP contribution is 2.28.